The van der Waals surface area contributed by atoms with Gasteiger partial charge < -0.3 is 9.67 Å². The Bertz CT molecular complexity index is 681. The van der Waals surface area contributed by atoms with Crippen LogP contribution in [-0.4, -0.2) is 21.9 Å². The van der Waals surface area contributed by atoms with Gasteiger partial charge in [-0.15, -0.1) is 0 Å². The predicted molar refractivity (Wildman–Crippen MR) is 70.2 cm³/mol. The topological polar surface area (TPSA) is 54.6 Å². The van der Waals surface area contributed by atoms with Crippen LogP contribution in [0.15, 0.2) is 47.7 Å². The fraction of sp³-hybridized carbons (Fsp3) is 0. The number of carboxylic acid groups (broad SMARTS) is 1. The van der Waals surface area contributed by atoms with Crippen molar-refractivity contribution in [3.05, 3.63) is 53.9 Å². The van der Waals surface area contributed by atoms with Gasteiger partial charge in [-0.3, -0.25) is 4.99 Å². The van der Waals surface area contributed by atoms with Gasteiger partial charge in [-0.2, -0.15) is 0 Å². The number of para-hydroxylation sites is 1. The van der Waals surface area contributed by atoms with Crippen LogP contribution in [0.4, 0.5) is 5.69 Å². The van der Waals surface area contributed by atoms with E-state index < -0.39 is 5.97 Å². The molecule has 0 atom stereocenters. The molecule has 1 aromatic heterocycles. The lowest BCUT2D eigenvalue weighted by Gasteiger charge is -1.99. The first-order chi connectivity index (χ1) is 8.74. The molecule has 0 fully saturated rings. The standard InChI is InChI=1S/C14H10N2O2/c17-14(18)10-5-6-16(8-10)9-11-7-15-13-4-2-1-3-12(11)13/h1-9H,(H,17,18). The van der Waals surface area contributed by atoms with E-state index in [2.05, 4.69) is 4.99 Å². The van der Waals surface area contributed by atoms with Crippen molar-refractivity contribution >= 4 is 29.6 Å². The highest BCUT2D eigenvalue weighted by Crippen LogP contribution is 2.31. The molecular weight excluding hydrogens is 228 g/mol. The number of hydrogen-bond acceptors (Lipinski definition) is 2. The number of fused-ring (bicyclic) bond motifs is 1. The number of nitrogens with zero attached hydrogens (tertiary/aromatic N) is 2. The van der Waals surface area contributed by atoms with E-state index in [0.29, 0.717) is 0 Å². The van der Waals surface area contributed by atoms with Gasteiger partial charge in [0.2, 0.25) is 0 Å². The smallest absolute Gasteiger partial charge is 0.337 e. The first-order valence-corrected chi connectivity index (χ1v) is 5.50. The fourth-order valence-electron chi connectivity index (χ4n) is 1.92. The number of aromatic nitrogens is 1. The van der Waals surface area contributed by atoms with Crippen molar-refractivity contribution < 1.29 is 9.90 Å². The normalized spacial score (nSPS) is 15.0. The largest absolute Gasteiger partial charge is 0.478 e. The van der Waals surface area contributed by atoms with E-state index in [0.717, 1.165) is 16.8 Å². The predicted octanol–water partition coefficient (Wildman–Crippen LogP) is 2.90. The van der Waals surface area contributed by atoms with Crippen molar-refractivity contribution in [3.8, 4) is 0 Å². The van der Waals surface area contributed by atoms with Crippen molar-refractivity contribution in [1.29, 1.82) is 0 Å². The molecule has 1 aliphatic heterocycles. The summed E-state index contributed by atoms with van der Waals surface area (Å²) in [7, 11) is 0. The highest BCUT2D eigenvalue weighted by Gasteiger charge is 2.11. The van der Waals surface area contributed by atoms with Crippen LogP contribution in [0.5, 0.6) is 0 Å². The summed E-state index contributed by atoms with van der Waals surface area (Å²) >= 11 is 0. The average Bonchev–Trinajstić information content (AvgIpc) is 2.98. The van der Waals surface area contributed by atoms with Crippen LogP contribution in [0, 0.1) is 0 Å². The molecule has 0 spiro atoms. The maximum atomic E-state index is 10.8. The molecule has 1 N–H and O–H groups in total. The lowest BCUT2D eigenvalue weighted by atomic mass is 10.1. The molecule has 1 aromatic carbocycles. The summed E-state index contributed by atoms with van der Waals surface area (Å²) in [6.07, 6.45) is 6.93. The molecule has 4 heteroatoms. The second-order valence-corrected chi connectivity index (χ2v) is 4.01. The molecule has 2 heterocycles. The van der Waals surface area contributed by atoms with Gasteiger partial charge in [0.25, 0.3) is 0 Å². The molecule has 0 saturated carbocycles. The average molecular weight is 238 g/mol. The summed E-state index contributed by atoms with van der Waals surface area (Å²) in [5.74, 6) is -0.923. The minimum absolute atomic E-state index is 0.273. The number of rotatable bonds is 2. The molecule has 18 heavy (non-hydrogen) atoms. The van der Waals surface area contributed by atoms with Gasteiger partial charge in [0, 0.05) is 35.9 Å². The molecule has 1 aliphatic rings. The van der Waals surface area contributed by atoms with E-state index in [1.807, 2.05) is 30.5 Å². The summed E-state index contributed by atoms with van der Waals surface area (Å²) in [6, 6.07) is 9.41. The van der Waals surface area contributed by atoms with Crippen molar-refractivity contribution in [2.24, 2.45) is 4.99 Å². The Hall–Kier alpha value is -2.62. The number of benzene rings is 1. The van der Waals surface area contributed by atoms with Gasteiger partial charge >= 0.3 is 5.97 Å². The molecule has 0 aliphatic carbocycles. The maximum absolute atomic E-state index is 10.8. The van der Waals surface area contributed by atoms with Crippen LogP contribution in [0.2, 0.25) is 0 Å². The third-order valence-electron chi connectivity index (χ3n) is 2.81. The van der Waals surface area contributed by atoms with Crippen LogP contribution >= 0.6 is 0 Å². The van der Waals surface area contributed by atoms with E-state index in [-0.39, 0.29) is 5.56 Å². The maximum Gasteiger partial charge on any atom is 0.337 e. The zero-order chi connectivity index (χ0) is 12.5. The summed E-state index contributed by atoms with van der Waals surface area (Å²) in [5, 5.41) is 8.86. The second-order valence-electron chi connectivity index (χ2n) is 4.01. The molecule has 0 saturated heterocycles. The number of aliphatic imine (C=N–C) groups is 1. The zero-order valence-electron chi connectivity index (χ0n) is 9.45. The Kier molecular flexibility index (Phi) is 2.34. The molecule has 0 unspecified atom stereocenters. The van der Waals surface area contributed by atoms with Gasteiger partial charge in [-0.1, -0.05) is 18.2 Å². The Morgan fingerprint density at radius 3 is 2.89 bits per heavy atom. The number of allylic oxidation sites excluding steroid dienone is 1. The molecular formula is C14H10N2O2. The molecule has 0 amide bonds. The lowest BCUT2D eigenvalue weighted by Crippen LogP contribution is -1.93. The monoisotopic (exact) mass is 238 g/mol. The van der Waals surface area contributed by atoms with Crippen molar-refractivity contribution in [2.75, 3.05) is 0 Å². The second kappa shape index (κ2) is 4.00. The molecule has 4 nitrogen and oxygen atoms in total. The van der Waals surface area contributed by atoms with Crippen LogP contribution < -0.4 is 0 Å². The van der Waals surface area contributed by atoms with Crippen molar-refractivity contribution in [3.63, 3.8) is 0 Å². The fourth-order valence-corrected chi connectivity index (χ4v) is 1.92. The Morgan fingerprint density at radius 1 is 1.28 bits per heavy atom. The highest BCUT2D eigenvalue weighted by atomic mass is 16.4. The summed E-state index contributed by atoms with van der Waals surface area (Å²) in [4.78, 5) is 15.1. The van der Waals surface area contributed by atoms with Gasteiger partial charge in [0.1, 0.15) is 0 Å². The zero-order valence-corrected chi connectivity index (χ0v) is 9.45. The summed E-state index contributed by atoms with van der Waals surface area (Å²) in [6.45, 7) is 0. The summed E-state index contributed by atoms with van der Waals surface area (Å²) in [5.41, 5.74) is 3.24. The van der Waals surface area contributed by atoms with Gasteiger partial charge in [-0.25, -0.2) is 4.79 Å². The Labute approximate surface area is 104 Å². The molecule has 88 valence electrons. The number of hydrogen-bond donors (Lipinski definition) is 1. The van der Waals surface area contributed by atoms with Crippen LogP contribution in [0.3, 0.4) is 0 Å². The number of aromatic carboxylic acids is 1. The number of carboxylic acids is 1. The molecule has 2 aromatic rings. The lowest BCUT2D eigenvalue weighted by molar-refractivity contribution is 0.0697. The summed E-state index contributed by atoms with van der Waals surface area (Å²) < 4.78 is 1.73. The molecule has 0 radical (unpaired) electrons. The Balaban J connectivity index is 1.99. The van der Waals surface area contributed by atoms with Crippen LogP contribution in [0.25, 0.3) is 11.8 Å². The third kappa shape index (κ3) is 1.73. The van der Waals surface area contributed by atoms with E-state index in [9.17, 15) is 4.79 Å². The SMILES string of the molecule is O=C(O)c1ccn(C=C2C=Nc3ccccc32)c1. The molecule has 3 rings (SSSR count). The highest BCUT2D eigenvalue weighted by molar-refractivity contribution is 6.20. The van der Waals surface area contributed by atoms with Crippen molar-refractivity contribution in [1.82, 2.24) is 4.57 Å². The van der Waals surface area contributed by atoms with Gasteiger partial charge in [-0.05, 0) is 12.1 Å². The van der Waals surface area contributed by atoms with Crippen molar-refractivity contribution in [2.45, 2.75) is 0 Å². The van der Waals surface area contributed by atoms with Gasteiger partial charge in [0.05, 0.1) is 11.3 Å². The van der Waals surface area contributed by atoms with E-state index in [1.165, 1.54) is 0 Å². The Morgan fingerprint density at radius 2 is 2.11 bits per heavy atom. The van der Waals surface area contributed by atoms with Gasteiger partial charge in [0.15, 0.2) is 0 Å². The first kappa shape index (κ1) is 10.5. The van der Waals surface area contributed by atoms with Crippen LogP contribution in [0.1, 0.15) is 15.9 Å². The van der Waals surface area contributed by atoms with E-state index in [4.69, 9.17) is 5.11 Å². The van der Waals surface area contributed by atoms with E-state index in [1.54, 1.807) is 29.2 Å². The van der Waals surface area contributed by atoms with E-state index >= 15 is 0 Å². The third-order valence-corrected chi connectivity index (χ3v) is 2.81. The first-order valence-electron chi connectivity index (χ1n) is 5.50. The molecule has 0 bridgehead atoms. The van der Waals surface area contributed by atoms with Crippen LogP contribution in [-0.2, 0) is 0 Å². The minimum Gasteiger partial charge on any atom is -0.478 e. The number of carbonyl (C=O) groups is 1. The minimum atomic E-state index is -0.923. The quantitative estimate of drug-likeness (QED) is 0.874.